The molecule has 6 nitrogen and oxygen atoms in total. The van der Waals surface area contributed by atoms with Crippen LogP contribution >= 0.6 is 0 Å². The number of hydrogen-bond donors (Lipinski definition) is 0. The van der Waals surface area contributed by atoms with Crippen LogP contribution in [0, 0.1) is 0 Å². The second-order valence-electron chi connectivity index (χ2n) is 7.64. The van der Waals surface area contributed by atoms with Crippen LogP contribution in [0.1, 0.15) is 34.2 Å². The Morgan fingerprint density at radius 3 is 2.59 bits per heavy atom. The van der Waals surface area contributed by atoms with Gasteiger partial charge in [-0.2, -0.15) is 0 Å². The first-order valence-electron chi connectivity index (χ1n) is 9.31. The summed E-state index contributed by atoms with van der Waals surface area (Å²) in [6.45, 7) is 1.40. The number of ether oxygens (including phenoxy) is 5. The maximum Gasteiger partial charge on any atom is 0.231 e. The van der Waals surface area contributed by atoms with Crippen LogP contribution in [-0.2, 0) is 17.7 Å². The van der Waals surface area contributed by atoms with Crippen molar-refractivity contribution in [1.82, 2.24) is 4.90 Å². The fourth-order valence-electron chi connectivity index (χ4n) is 5.17. The van der Waals surface area contributed by atoms with Crippen molar-refractivity contribution in [3.05, 3.63) is 46.5 Å². The molecule has 0 spiro atoms. The third kappa shape index (κ3) is 2.08. The second-order valence-corrected chi connectivity index (χ2v) is 7.64. The number of likely N-dealkylation sites (N-methyl/N-ethyl adjacent to an activating group) is 1. The lowest BCUT2D eigenvalue weighted by molar-refractivity contribution is 0.0243. The minimum atomic E-state index is 0.0877. The van der Waals surface area contributed by atoms with Crippen molar-refractivity contribution in [2.24, 2.45) is 0 Å². The van der Waals surface area contributed by atoms with Gasteiger partial charge in [-0.15, -0.1) is 0 Å². The predicted molar refractivity (Wildman–Crippen MR) is 96.6 cm³/mol. The topological polar surface area (TPSA) is 49.4 Å². The van der Waals surface area contributed by atoms with Gasteiger partial charge in [0.25, 0.3) is 0 Å². The number of benzene rings is 2. The number of fused-ring (bicyclic) bond motifs is 8. The molecule has 6 rings (SSSR count). The van der Waals surface area contributed by atoms with E-state index in [0.717, 1.165) is 36.0 Å². The van der Waals surface area contributed by atoms with E-state index in [1.54, 1.807) is 7.11 Å². The Hall–Kier alpha value is -2.44. The standard InChI is InChI=1S/C21H21NO5/c1-22-8-14-12(3-4-15-21(14)27-10-24-15)19-18(23-2)6-11-5-16-17(26-9-25-16)7-13(11)20(19)22/h3-5,7,18-20H,6,8-10H2,1-2H3. The van der Waals surface area contributed by atoms with Crippen molar-refractivity contribution < 1.29 is 23.7 Å². The fraction of sp³-hybridized carbons (Fsp3) is 0.429. The number of rotatable bonds is 1. The van der Waals surface area contributed by atoms with Gasteiger partial charge < -0.3 is 23.7 Å². The molecule has 2 aromatic rings. The van der Waals surface area contributed by atoms with Gasteiger partial charge >= 0.3 is 0 Å². The van der Waals surface area contributed by atoms with Crippen LogP contribution < -0.4 is 18.9 Å². The molecule has 0 radical (unpaired) electrons. The van der Waals surface area contributed by atoms with Crippen molar-refractivity contribution >= 4 is 0 Å². The molecular weight excluding hydrogens is 346 g/mol. The highest BCUT2D eigenvalue weighted by molar-refractivity contribution is 5.58. The summed E-state index contributed by atoms with van der Waals surface area (Å²) in [5.41, 5.74) is 5.12. The van der Waals surface area contributed by atoms with E-state index < -0.39 is 0 Å². The molecule has 4 aliphatic rings. The minimum absolute atomic E-state index is 0.0877. The van der Waals surface area contributed by atoms with E-state index in [9.17, 15) is 0 Å². The van der Waals surface area contributed by atoms with Gasteiger partial charge in [-0.3, -0.25) is 4.90 Å². The minimum Gasteiger partial charge on any atom is -0.454 e. The largest absolute Gasteiger partial charge is 0.454 e. The molecule has 140 valence electrons. The van der Waals surface area contributed by atoms with Crippen molar-refractivity contribution in [2.75, 3.05) is 27.7 Å². The Balaban J connectivity index is 1.54. The van der Waals surface area contributed by atoms with E-state index in [1.807, 2.05) is 6.07 Å². The maximum atomic E-state index is 5.99. The van der Waals surface area contributed by atoms with Crippen molar-refractivity contribution in [1.29, 1.82) is 0 Å². The monoisotopic (exact) mass is 367 g/mol. The van der Waals surface area contributed by atoms with Gasteiger partial charge in [0.2, 0.25) is 13.6 Å². The fourth-order valence-corrected chi connectivity index (χ4v) is 5.17. The molecule has 3 heterocycles. The average molecular weight is 367 g/mol. The summed E-state index contributed by atoms with van der Waals surface area (Å²) in [6, 6.07) is 8.74. The highest BCUT2D eigenvalue weighted by Gasteiger charge is 2.46. The summed E-state index contributed by atoms with van der Waals surface area (Å²) in [7, 11) is 3.98. The highest BCUT2D eigenvalue weighted by atomic mass is 16.7. The van der Waals surface area contributed by atoms with Crippen LogP contribution in [0.25, 0.3) is 0 Å². The normalized spacial score (nSPS) is 27.1. The molecule has 27 heavy (non-hydrogen) atoms. The molecular formula is C21H21NO5. The quantitative estimate of drug-likeness (QED) is 0.772. The molecule has 3 atom stereocenters. The van der Waals surface area contributed by atoms with E-state index in [0.29, 0.717) is 13.6 Å². The Labute approximate surface area is 157 Å². The van der Waals surface area contributed by atoms with Crippen LogP contribution in [0.4, 0.5) is 0 Å². The molecule has 1 aliphatic carbocycles. The molecule has 0 amide bonds. The van der Waals surface area contributed by atoms with E-state index in [-0.39, 0.29) is 18.1 Å². The van der Waals surface area contributed by atoms with Crippen LogP contribution in [-0.4, -0.2) is 38.7 Å². The number of nitrogens with zero attached hydrogens (tertiary/aromatic N) is 1. The summed E-state index contributed by atoms with van der Waals surface area (Å²) in [5.74, 6) is 3.64. The van der Waals surface area contributed by atoms with Crippen molar-refractivity contribution in [3.8, 4) is 23.0 Å². The first-order valence-corrected chi connectivity index (χ1v) is 9.31. The Kier molecular flexibility index (Phi) is 3.20. The predicted octanol–water partition coefficient (Wildman–Crippen LogP) is 2.99. The van der Waals surface area contributed by atoms with E-state index >= 15 is 0 Å². The summed E-state index contributed by atoms with van der Waals surface area (Å²) < 4.78 is 28.6. The SMILES string of the molecule is COC1Cc2cc3c(cc2C2C1c1ccc4c(c1CN2C)OCO4)OCO3. The first-order chi connectivity index (χ1) is 13.2. The van der Waals surface area contributed by atoms with Crippen LogP contribution in [0.15, 0.2) is 24.3 Å². The molecule has 3 unspecified atom stereocenters. The maximum absolute atomic E-state index is 5.99. The Bertz CT molecular complexity index is 943. The van der Waals surface area contributed by atoms with Crippen LogP contribution in [0.3, 0.4) is 0 Å². The van der Waals surface area contributed by atoms with E-state index in [2.05, 4.69) is 30.1 Å². The van der Waals surface area contributed by atoms with Gasteiger partial charge in [0.05, 0.1) is 6.10 Å². The van der Waals surface area contributed by atoms with Crippen molar-refractivity contribution in [3.63, 3.8) is 0 Å². The highest BCUT2D eigenvalue weighted by Crippen LogP contribution is 2.54. The van der Waals surface area contributed by atoms with Crippen LogP contribution in [0.2, 0.25) is 0 Å². The first kappa shape index (κ1) is 15.6. The number of methoxy groups -OCH3 is 1. The zero-order valence-electron chi connectivity index (χ0n) is 15.4. The molecule has 2 aromatic carbocycles. The molecule has 3 aliphatic heterocycles. The molecule has 0 bridgehead atoms. The molecule has 0 saturated heterocycles. The van der Waals surface area contributed by atoms with Crippen molar-refractivity contribution in [2.45, 2.75) is 31.0 Å². The summed E-state index contributed by atoms with van der Waals surface area (Å²) in [6.07, 6.45) is 0.940. The summed E-state index contributed by atoms with van der Waals surface area (Å²) >= 11 is 0. The van der Waals surface area contributed by atoms with Gasteiger partial charge in [0.15, 0.2) is 23.0 Å². The third-order valence-electron chi connectivity index (χ3n) is 6.34. The van der Waals surface area contributed by atoms with Gasteiger partial charge in [-0.25, -0.2) is 0 Å². The zero-order chi connectivity index (χ0) is 18.1. The lowest BCUT2D eigenvalue weighted by atomic mass is 9.70. The van der Waals surface area contributed by atoms with Crippen LogP contribution in [0.5, 0.6) is 23.0 Å². The molecule has 0 saturated carbocycles. The third-order valence-corrected chi connectivity index (χ3v) is 6.34. The average Bonchev–Trinajstić information content (AvgIpc) is 3.34. The molecule has 0 fully saturated rings. The smallest absolute Gasteiger partial charge is 0.231 e. The molecule has 6 heteroatoms. The van der Waals surface area contributed by atoms with Gasteiger partial charge in [-0.05, 0) is 48.4 Å². The summed E-state index contributed by atoms with van der Waals surface area (Å²) in [5, 5.41) is 0. The summed E-state index contributed by atoms with van der Waals surface area (Å²) in [4.78, 5) is 2.39. The lowest BCUT2D eigenvalue weighted by Gasteiger charge is -2.47. The van der Waals surface area contributed by atoms with Gasteiger partial charge in [0.1, 0.15) is 0 Å². The van der Waals surface area contributed by atoms with Gasteiger partial charge in [0, 0.05) is 31.2 Å². The molecule has 0 aromatic heterocycles. The second kappa shape index (κ2) is 5.53. The zero-order valence-corrected chi connectivity index (χ0v) is 15.4. The molecule has 0 N–H and O–H groups in total. The van der Waals surface area contributed by atoms with E-state index in [4.69, 9.17) is 23.7 Å². The lowest BCUT2D eigenvalue weighted by Crippen LogP contribution is -2.44. The number of hydrogen-bond acceptors (Lipinski definition) is 6. The Morgan fingerprint density at radius 2 is 1.74 bits per heavy atom. The Morgan fingerprint density at radius 1 is 0.963 bits per heavy atom. The van der Waals surface area contributed by atoms with E-state index in [1.165, 1.54) is 22.3 Å². The van der Waals surface area contributed by atoms with Gasteiger partial charge in [-0.1, -0.05) is 6.07 Å².